The maximum absolute atomic E-state index is 10.5. The van der Waals surface area contributed by atoms with Crippen LogP contribution < -0.4 is 4.46 Å². The fraction of sp³-hybridized carbons (Fsp3) is 0. The summed E-state index contributed by atoms with van der Waals surface area (Å²) in [6, 6.07) is 4.16. The van der Waals surface area contributed by atoms with Crippen LogP contribution in [0.2, 0.25) is 0 Å². The van der Waals surface area contributed by atoms with Crippen molar-refractivity contribution >= 4 is 25.4 Å². The number of aromatic carboxylic acids is 1. The van der Waals surface area contributed by atoms with Crippen molar-refractivity contribution in [3.05, 3.63) is 23.8 Å². The van der Waals surface area contributed by atoms with Crippen molar-refractivity contribution in [1.29, 1.82) is 5.26 Å². The van der Waals surface area contributed by atoms with Crippen molar-refractivity contribution in [2.45, 2.75) is 0 Å². The van der Waals surface area contributed by atoms with Gasteiger partial charge in [0.2, 0.25) is 0 Å². The average Bonchev–Trinajstić information content (AvgIpc) is 2.08. The second-order valence-electron chi connectivity index (χ2n) is 2.18. The monoisotopic (exact) mass is 243 g/mol. The molecule has 0 fully saturated rings. The molecule has 4 nitrogen and oxygen atoms in total. The van der Waals surface area contributed by atoms with Crippen molar-refractivity contribution in [3.63, 3.8) is 0 Å². The fourth-order valence-corrected chi connectivity index (χ4v) is 1.68. The first kappa shape index (κ1) is 9.59. The van der Waals surface area contributed by atoms with Crippen LogP contribution in [0.5, 0.6) is 5.75 Å². The Morgan fingerprint density at radius 3 is 2.77 bits per heavy atom. The van der Waals surface area contributed by atoms with Gasteiger partial charge >= 0.3 is 80.1 Å². The third-order valence-corrected chi connectivity index (χ3v) is 2.58. The van der Waals surface area contributed by atoms with Crippen LogP contribution in [0.15, 0.2) is 18.2 Å². The second-order valence-corrected chi connectivity index (χ2v) is 3.98. The predicted molar refractivity (Wildman–Crippen MR) is 46.1 cm³/mol. The number of benzene rings is 1. The van der Waals surface area contributed by atoms with Gasteiger partial charge in [-0.25, -0.2) is 0 Å². The number of hydrogen-bond donors (Lipinski definition) is 2. The zero-order valence-electron chi connectivity index (χ0n) is 6.39. The molecule has 0 aromatic heterocycles. The van der Waals surface area contributed by atoms with Gasteiger partial charge in [0.05, 0.1) is 0 Å². The number of carboxylic acid groups (broad SMARTS) is 1. The fourth-order valence-electron chi connectivity index (χ4n) is 0.803. The zero-order chi connectivity index (χ0) is 9.84. The molecule has 0 aliphatic rings. The van der Waals surface area contributed by atoms with Crippen molar-refractivity contribution in [1.82, 2.24) is 0 Å². The van der Waals surface area contributed by atoms with E-state index >= 15 is 0 Å². The molecule has 0 unspecified atom stereocenters. The summed E-state index contributed by atoms with van der Waals surface area (Å²) >= 11 is -0.391. The van der Waals surface area contributed by atoms with Crippen molar-refractivity contribution < 1.29 is 15.0 Å². The van der Waals surface area contributed by atoms with E-state index in [0.717, 1.165) is 0 Å². The number of carboxylic acids is 1. The Kier molecular flexibility index (Phi) is 2.91. The van der Waals surface area contributed by atoms with E-state index in [9.17, 15) is 4.79 Å². The molecule has 5 heteroatoms. The third kappa shape index (κ3) is 2.22. The molecule has 0 radical (unpaired) electrons. The Bertz CT molecular complexity index is 383. The molecule has 0 saturated carbocycles. The Morgan fingerprint density at radius 2 is 2.23 bits per heavy atom. The summed E-state index contributed by atoms with van der Waals surface area (Å²) in [6.07, 6.45) is 0. The summed E-state index contributed by atoms with van der Waals surface area (Å²) < 4.78 is 0.644. The van der Waals surface area contributed by atoms with Crippen LogP contribution in [-0.2, 0) is 0 Å². The molecule has 0 spiro atoms. The van der Waals surface area contributed by atoms with E-state index in [1.807, 2.05) is 4.97 Å². The van der Waals surface area contributed by atoms with Gasteiger partial charge in [0.25, 0.3) is 0 Å². The molecule has 13 heavy (non-hydrogen) atoms. The predicted octanol–water partition coefficient (Wildman–Crippen LogP) is -0.0990. The second kappa shape index (κ2) is 3.94. The van der Waals surface area contributed by atoms with Crippen LogP contribution in [0, 0.1) is 10.2 Å². The Morgan fingerprint density at radius 1 is 1.54 bits per heavy atom. The molecule has 66 valence electrons. The Balaban J connectivity index is 3.13. The van der Waals surface area contributed by atoms with Crippen LogP contribution in [0.1, 0.15) is 10.4 Å². The summed E-state index contributed by atoms with van der Waals surface area (Å²) in [5.74, 6) is -1.46. The van der Waals surface area contributed by atoms with Crippen molar-refractivity contribution in [3.8, 4) is 10.7 Å². The van der Waals surface area contributed by atoms with E-state index in [1.54, 1.807) is 6.07 Å². The number of nitriles is 1. The van der Waals surface area contributed by atoms with Gasteiger partial charge in [0, 0.05) is 0 Å². The van der Waals surface area contributed by atoms with E-state index in [0.29, 0.717) is 4.46 Å². The van der Waals surface area contributed by atoms with Crippen LogP contribution in [0.25, 0.3) is 0 Å². The Labute approximate surface area is 80.6 Å². The van der Waals surface area contributed by atoms with Gasteiger partial charge in [-0.05, 0) is 0 Å². The molecule has 0 atom stereocenters. The van der Waals surface area contributed by atoms with Crippen LogP contribution in [0.3, 0.4) is 0 Å². The van der Waals surface area contributed by atoms with Gasteiger partial charge in [-0.3, -0.25) is 0 Å². The van der Waals surface area contributed by atoms with Crippen molar-refractivity contribution in [2.24, 2.45) is 0 Å². The summed E-state index contributed by atoms with van der Waals surface area (Å²) in [6.45, 7) is 0. The molecule has 0 aliphatic heterocycles. The van der Waals surface area contributed by atoms with E-state index in [1.165, 1.54) is 12.1 Å². The van der Waals surface area contributed by atoms with Gasteiger partial charge in [-0.2, -0.15) is 0 Å². The molecular formula is C8H5NO3Se. The average molecular weight is 242 g/mol. The molecule has 1 rings (SSSR count). The summed E-state index contributed by atoms with van der Waals surface area (Å²) in [5.41, 5.74) is -0.158. The molecule has 0 aliphatic carbocycles. The summed E-state index contributed by atoms with van der Waals surface area (Å²) in [7, 11) is 0. The van der Waals surface area contributed by atoms with Crippen LogP contribution in [-0.4, -0.2) is 31.1 Å². The zero-order valence-corrected chi connectivity index (χ0v) is 8.10. The number of carbonyl (C=O) groups is 1. The molecule has 0 heterocycles. The van der Waals surface area contributed by atoms with Gasteiger partial charge in [-0.15, -0.1) is 0 Å². The molecule has 1 aromatic rings. The number of rotatable bonds is 2. The molecule has 1 aromatic carbocycles. The van der Waals surface area contributed by atoms with Gasteiger partial charge in [0.15, 0.2) is 0 Å². The number of aromatic hydroxyl groups is 1. The van der Waals surface area contributed by atoms with Crippen molar-refractivity contribution in [2.75, 3.05) is 0 Å². The molecular weight excluding hydrogens is 237 g/mol. The van der Waals surface area contributed by atoms with Crippen LogP contribution >= 0.6 is 0 Å². The first-order valence-corrected chi connectivity index (χ1v) is 4.98. The molecule has 0 bridgehead atoms. The van der Waals surface area contributed by atoms with E-state index in [4.69, 9.17) is 15.5 Å². The van der Waals surface area contributed by atoms with Gasteiger partial charge < -0.3 is 0 Å². The standard InChI is InChI=1S/C8H5NO3Se/c9-4-13-5-1-2-7(10)6(3-5)8(11)12/h1-3,10H,(H,11,12). The summed E-state index contributed by atoms with van der Waals surface area (Å²) in [4.78, 5) is 12.5. The maximum atomic E-state index is 10.5. The minimum absolute atomic E-state index is 0.158. The molecule has 0 saturated heterocycles. The normalized spacial score (nSPS) is 9.15. The number of nitrogens with zero attached hydrogens (tertiary/aromatic N) is 1. The third-order valence-electron chi connectivity index (χ3n) is 1.36. The number of phenols is 1. The van der Waals surface area contributed by atoms with E-state index in [-0.39, 0.29) is 11.3 Å². The topological polar surface area (TPSA) is 81.3 Å². The summed E-state index contributed by atoms with van der Waals surface area (Å²) in [5, 5.41) is 26.1. The SMILES string of the molecule is N#C[Se]c1ccc(O)c(C(=O)O)c1. The quantitative estimate of drug-likeness (QED) is 0.709. The molecule has 0 amide bonds. The van der Waals surface area contributed by atoms with Crippen LogP contribution in [0.4, 0.5) is 0 Å². The minimum atomic E-state index is -1.19. The van der Waals surface area contributed by atoms with Gasteiger partial charge in [0.1, 0.15) is 0 Å². The van der Waals surface area contributed by atoms with E-state index in [2.05, 4.69) is 0 Å². The van der Waals surface area contributed by atoms with Gasteiger partial charge in [-0.1, -0.05) is 0 Å². The van der Waals surface area contributed by atoms with E-state index < -0.39 is 20.9 Å². The molecule has 2 N–H and O–H groups in total. The first-order chi connectivity index (χ1) is 6.15. The number of hydrogen-bond acceptors (Lipinski definition) is 3. The first-order valence-electron chi connectivity index (χ1n) is 3.27. The Hall–Kier alpha value is -1.50.